The SMILES string of the molecule is Cc1oncc1C(=O)N1CCCN(S(=O)(=O)c2cn(C)c(C)n2)CC1. The van der Waals surface area contributed by atoms with Crippen LogP contribution in [0.2, 0.25) is 0 Å². The average molecular weight is 367 g/mol. The maximum absolute atomic E-state index is 12.8. The van der Waals surface area contributed by atoms with Crippen LogP contribution in [0.1, 0.15) is 28.4 Å². The number of amides is 1. The molecule has 0 saturated carbocycles. The van der Waals surface area contributed by atoms with Crippen LogP contribution in [0.3, 0.4) is 0 Å². The lowest BCUT2D eigenvalue weighted by Crippen LogP contribution is -2.37. The summed E-state index contributed by atoms with van der Waals surface area (Å²) in [5.74, 6) is 0.905. The van der Waals surface area contributed by atoms with Crippen LogP contribution in [0.25, 0.3) is 0 Å². The van der Waals surface area contributed by atoms with Crippen molar-refractivity contribution in [1.82, 2.24) is 23.9 Å². The second-order valence-electron chi connectivity index (χ2n) is 6.08. The van der Waals surface area contributed by atoms with E-state index >= 15 is 0 Å². The Kier molecular flexibility index (Phi) is 4.65. The molecular weight excluding hydrogens is 346 g/mol. The Morgan fingerprint density at radius 3 is 2.56 bits per heavy atom. The van der Waals surface area contributed by atoms with Gasteiger partial charge in [0.2, 0.25) is 0 Å². The Hall–Kier alpha value is -2.20. The van der Waals surface area contributed by atoms with Gasteiger partial charge in [-0.15, -0.1) is 0 Å². The van der Waals surface area contributed by atoms with Crippen LogP contribution in [0.5, 0.6) is 0 Å². The third-order valence-electron chi connectivity index (χ3n) is 4.41. The number of carbonyl (C=O) groups is 1. The Labute approximate surface area is 146 Å². The maximum atomic E-state index is 12.8. The summed E-state index contributed by atoms with van der Waals surface area (Å²) >= 11 is 0. The van der Waals surface area contributed by atoms with Gasteiger partial charge in [0.1, 0.15) is 17.1 Å². The summed E-state index contributed by atoms with van der Waals surface area (Å²) in [5, 5.41) is 3.67. The molecule has 1 saturated heterocycles. The highest BCUT2D eigenvalue weighted by molar-refractivity contribution is 7.89. The number of hydrogen-bond acceptors (Lipinski definition) is 6. The lowest BCUT2D eigenvalue weighted by atomic mass is 10.2. The van der Waals surface area contributed by atoms with E-state index in [4.69, 9.17) is 4.52 Å². The van der Waals surface area contributed by atoms with Crippen LogP contribution in [0.15, 0.2) is 21.9 Å². The molecule has 1 aliphatic rings. The summed E-state index contributed by atoms with van der Waals surface area (Å²) in [6, 6.07) is 0. The number of aromatic nitrogens is 3. The van der Waals surface area contributed by atoms with Crippen LogP contribution < -0.4 is 0 Å². The fraction of sp³-hybridized carbons (Fsp3) is 0.533. The molecule has 0 aromatic carbocycles. The van der Waals surface area contributed by atoms with Gasteiger partial charge in [0, 0.05) is 39.4 Å². The highest BCUT2D eigenvalue weighted by Gasteiger charge is 2.31. The minimum Gasteiger partial charge on any atom is -0.361 e. The summed E-state index contributed by atoms with van der Waals surface area (Å²) in [4.78, 5) is 18.3. The van der Waals surface area contributed by atoms with Crippen LogP contribution >= 0.6 is 0 Å². The molecule has 2 aromatic heterocycles. The normalized spacial score (nSPS) is 16.8. The van der Waals surface area contributed by atoms with E-state index in [-0.39, 0.29) is 17.5 Å². The molecule has 3 rings (SSSR count). The van der Waals surface area contributed by atoms with Crippen LogP contribution in [-0.2, 0) is 17.1 Å². The molecule has 0 aliphatic carbocycles. The number of imidazole rings is 1. The predicted molar refractivity (Wildman–Crippen MR) is 88.5 cm³/mol. The van der Waals surface area contributed by atoms with Crippen molar-refractivity contribution < 1.29 is 17.7 Å². The molecule has 0 unspecified atom stereocenters. The van der Waals surface area contributed by atoms with E-state index in [2.05, 4.69) is 10.1 Å². The molecule has 1 fully saturated rings. The molecule has 1 amide bonds. The second-order valence-corrected chi connectivity index (χ2v) is 7.97. The van der Waals surface area contributed by atoms with E-state index < -0.39 is 10.0 Å². The van der Waals surface area contributed by atoms with E-state index in [9.17, 15) is 13.2 Å². The molecule has 136 valence electrons. The molecule has 0 N–H and O–H groups in total. The summed E-state index contributed by atoms with van der Waals surface area (Å²) in [5.41, 5.74) is 0.414. The topological polar surface area (TPSA) is 102 Å². The molecule has 9 nitrogen and oxygen atoms in total. The molecule has 0 bridgehead atoms. The number of nitrogens with zero attached hydrogens (tertiary/aromatic N) is 5. The van der Waals surface area contributed by atoms with Crippen LogP contribution in [-0.4, -0.2) is 64.4 Å². The van der Waals surface area contributed by atoms with Gasteiger partial charge >= 0.3 is 0 Å². The largest absolute Gasteiger partial charge is 0.361 e. The second kappa shape index (κ2) is 6.60. The van der Waals surface area contributed by atoms with Crippen molar-refractivity contribution in [1.29, 1.82) is 0 Å². The summed E-state index contributed by atoms with van der Waals surface area (Å²) in [7, 11) is -1.91. The van der Waals surface area contributed by atoms with Gasteiger partial charge in [-0.2, -0.15) is 4.31 Å². The smallest absolute Gasteiger partial charge is 0.262 e. The van der Waals surface area contributed by atoms with Gasteiger partial charge in [0.15, 0.2) is 5.03 Å². The fourth-order valence-corrected chi connectivity index (χ4v) is 4.29. The van der Waals surface area contributed by atoms with Gasteiger partial charge in [-0.05, 0) is 20.3 Å². The van der Waals surface area contributed by atoms with E-state index in [1.54, 1.807) is 30.4 Å². The van der Waals surface area contributed by atoms with Gasteiger partial charge in [0.05, 0.1) is 6.20 Å². The zero-order valence-corrected chi connectivity index (χ0v) is 15.3. The van der Waals surface area contributed by atoms with Gasteiger partial charge in [0.25, 0.3) is 15.9 Å². The third kappa shape index (κ3) is 3.31. The van der Waals surface area contributed by atoms with E-state index in [1.807, 2.05) is 0 Å². The van der Waals surface area contributed by atoms with Gasteiger partial charge in [-0.25, -0.2) is 13.4 Å². The summed E-state index contributed by atoms with van der Waals surface area (Å²) in [6.07, 6.45) is 3.47. The van der Waals surface area contributed by atoms with Crippen molar-refractivity contribution in [3.63, 3.8) is 0 Å². The van der Waals surface area contributed by atoms with Crippen LogP contribution in [0.4, 0.5) is 0 Å². The summed E-state index contributed by atoms with van der Waals surface area (Å²) in [6.45, 7) is 4.81. The number of aryl methyl sites for hydroxylation is 3. The Balaban J connectivity index is 1.75. The minimum atomic E-state index is -3.67. The van der Waals surface area contributed by atoms with Gasteiger partial charge in [-0.3, -0.25) is 4.79 Å². The average Bonchev–Trinajstić information content (AvgIpc) is 3.03. The first kappa shape index (κ1) is 17.6. The zero-order chi connectivity index (χ0) is 18.2. The number of rotatable bonds is 3. The standard InChI is InChI=1S/C15H21N5O4S/c1-11-13(9-16-24-11)15(21)19-5-4-6-20(8-7-19)25(22,23)14-10-18(3)12(2)17-14/h9-10H,4-8H2,1-3H3. The first-order chi connectivity index (χ1) is 11.8. The van der Waals surface area contributed by atoms with E-state index in [0.717, 1.165) is 0 Å². The molecule has 25 heavy (non-hydrogen) atoms. The molecule has 3 heterocycles. The first-order valence-electron chi connectivity index (χ1n) is 8.01. The number of carbonyl (C=O) groups excluding carboxylic acids is 1. The highest BCUT2D eigenvalue weighted by Crippen LogP contribution is 2.18. The molecular formula is C15H21N5O4S. The molecule has 0 atom stereocenters. The Bertz CT molecular complexity index is 866. The monoisotopic (exact) mass is 367 g/mol. The minimum absolute atomic E-state index is 0.0437. The van der Waals surface area contributed by atoms with Crippen molar-refractivity contribution in [3.05, 3.63) is 29.5 Å². The molecule has 1 aliphatic heterocycles. The maximum Gasteiger partial charge on any atom is 0.262 e. The van der Waals surface area contributed by atoms with E-state index in [1.165, 1.54) is 16.7 Å². The van der Waals surface area contributed by atoms with Crippen LogP contribution in [0, 0.1) is 13.8 Å². The van der Waals surface area contributed by atoms with Crippen molar-refractivity contribution in [2.24, 2.45) is 7.05 Å². The molecule has 0 radical (unpaired) electrons. The zero-order valence-electron chi connectivity index (χ0n) is 14.5. The quantitative estimate of drug-likeness (QED) is 0.786. The summed E-state index contributed by atoms with van der Waals surface area (Å²) < 4.78 is 33.6. The van der Waals surface area contributed by atoms with Crippen molar-refractivity contribution in [3.8, 4) is 0 Å². The molecule has 2 aromatic rings. The van der Waals surface area contributed by atoms with Crippen molar-refractivity contribution in [2.45, 2.75) is 25.3 Å². The highest BCUT2D eigenvalue weighted by atomic mass is 32.2. The molecule has 0 spiro atoms. The van der Waals surface area contributed by atoms with Crippen molar-refractivity contribution >= 4 is 15.9 Å². The van der Waals surface area contributed by atoms with Gasteiger partial charge in [-0.1, -0.05) is 5.16 Å². The van der Waals surface area contributed by atoms with Gasteiger partial charge < -0.3 is 14.0 Å². The number of sulfonamides is 1. The van der Waals surface area contributed by atoms with Crippen molar-refractivity contribution in [2.75, 3.05) is 26.2 Å². The number of hydrogen-bond donors (Lipinski definition) is 0. The Morgan fingerprint density at radius 1 is 1.20 bits per heavy atom. The van der Waals surface area contributed by atoms with E-state index in [0.29, 0.717) is 43.2 Å². The predicted octanol–water partition coefficient (Wildman–Crippen LogP) is 0.562. The lowest BCUT2D eigenvalue weighted by molar-refractivity contribution is 0.0762. The Morgan fingerprint density at radius 2 is 1.96 bits per heavy atom. The first-order valence-corrected chi connectivity index (χ1v) is 9.45. The third-order valence-corrected chi connectivity index (χ3v) is 6.18. The lowest BCUT2D eigenvalue weighted by Gasteiger charge is -2.21. The molecule has 10 heteroatoms. The fourth-order valence-electron chi connectivity index (χ4n) is 2.79.